The summed E-state index contributed by atoms with van der Waals surface area (Å²) in [5.74, 6) is 0.100. The lowest BCUT2D eigenvalue weighted by atomic mass is 9.65. The van der Waals surface area contributed by atoms with Crippen molar-refractivity contribution in [1.29, 1.82) is 0 Å². The molecule has 7 heteroatoms. The lowest BCUT2D eigenvalue weighted by molar-refractivity contribution is -0.143. The number of fused-ring (bicyclic) bond motifs is 29. The van der Waals surface area contributed by atoms with Crippen molar-refractivity contribution in [2.75, 3.05) is 6.61 Å². The molecule has 3 aliphatic rings. The number of carbonyl (C=O) groups is 2. The first kappa shape index (κ1) is 37.7. The van der Waals surface area contributed by atoms with E-state index >= 15 is 0 Å². The maximum absolute atomic E-state index is 13.5. The zero-order valence-corrected chi connectivity index (χ0v) is 28.9. The van der Waals surface area contributed by atoms with E-state index in [4.69, 9.17) is 0 Å². The molecule has 0 spiro atoms. The molecule has 2 aliphatic heterocycles. The standard InChI is InChI=1S/C38H68N4O3/c43-30-26-28-35-33-42(41-40-35)38-31-34(32-38)27-24-22-20-18-16-14-12-10-8-6-4-2-1-3-5-7-9-11-13-15-17-19-21-23-25-29-36(44)39-37(38)45/h33-34,43H,1-32H2,(H,39,44,45). The predicted molar refractivity (Wildman–Crippen MR) is 184 cm³/mol. The Labute approximate surface area is 275 Å². The molecule has 1 aromatic heterocycles. The van der Waals surface area contributed by atoms with Crippen molar-refractivity contribution in [2.24, 2.45) is 5.92 Å². The molecule has 2 amide bonds. The topological polar surface area (TPSA) is 97.1 Å². The van der Waals surface area contributed by atoms with Gasteiger partial charge in [0.2, 0.25) is 5.91 Å². The van der Waals surface area contributed by atoms with Crippen LogP contribution in [-0.4, -0.2) is 38.5 Å². The molecule has 4 rings (SSSR count). The molecule has 258 valence electrons. The lowest BCUT2D eigenvalue weighted by Crippen LogP contribution is -2.58. The van der Waals surface area contributed by atoms with Gasteiger partial charge in [-0.2, -0.15) is 0 Å². The second-order valence-electron chi connectivity index (χ2n) is 14.5. The number of aromatic nitrogens is 3. The van der Waals surface area contributed by atoms with E-state index in [1.165, 1.54) is 148 Å². The number of imide groups is 1. The number of hydrogen-bond donors (Lipinski definition) is 2. The first-order chi connectivity index (χ1) is 22.1. The fourth-order valence-electron chi connectivity index (χ4n) is 7.55. The van der Waals surface area contributed by atoms with Crippen LogP contribution in [0.15, 0.2) is 6.20 Å². The van der Waals surface area contributed by atoms with Crippen LogP contribution in [0.2, 0.25) is 0 Å². The van der Waals surface area contributed by atoms with E-state index in [9.17, 15) is 14.7 Å². The maximum Gasteiger partial charge on any atom is 0.254 e. The summed E-state index contributed by atoms with van der Waals surface area (Å²) in [4.78, 5) is 26.3. The SMILES string of the molecule is O=C1CCCCCCCCCCCCCCCCCCCCCCCCCCCC2CC(n3cc(CCCO)nn3)(C2)C(=O)N1. The summed E-state index contributed by atoms with van der Waals surface area (Å²) < 4.78 is 1.71. The summed E-state index contributed by atoms with van der Waals surface area (Å²) in [7, 11) is 0. The predicted octanol–water partition coefficient (Wildman–Crippen LogP) is 9.50. The maximum atomic E-state index is 13.5. The number of nitrogens with one attached hydrogen (secondary N) is 1. The molecule has 1 saturated carbocycles. The largest absolute Gasteiger partial charge is 0.396 e. The minimum atomic E-state index is -0.817. The molecule has 1 aromatic rings. The Balaban J connectivity index is 1.44. The Kier molecular flexibility index (Phi) is 19.7. The van der Waals surface area contributed by atoms with Crippen molar-refractivity contribution < 1.29 is 14.7 Å². The number of hydrogen-bond acceptors (Lipinski definition) is 5. The first-order valence-electron chi connectivity index (χ1n) is 19.5. The van der Waals surface area contributed by atoms with Crippen molar-refractivity contribution >= 4 is 11.8 Å². The highest BCUT2D eigenvalue weighted by molar-refractivity contribution is 5.99. The van der Waals surface area contributed by atoms with Gasteiger partial charge >= 0.3 is 0 Å². The van der Waals surface area contributed by atoms with Gasteiger partial charge in [0, 0.05) is 19.2 Å². The van der Waals surface area contributed by atoms with Gasteiger partial charge in [-0.25, -0.2) is 4.68 Å². The molecule has 3 heterocycles. The Morgan fingerprint density at radius 2 is 1.09 bits per heavy atom. The van der Waals surface area contributed by atoms with Gasteiger partial charge in [0.15, 0.2) is 0 Å². The zero-order valence-electron chi connectivity index (χ0n) is 28.9. The molecule has 2 N–H and O–H groups in total. The van der Waals surface area contributed by atoms with Crippen LogP contribution in [0.4, 0.5) is 0 Å². The van der Waals surface area contributed by atoms with E-state index in [0.29, 0.717) is 25.2 Å². The van der Waals surface area contributed by atoms with Crippen LogP contribution in [0.1, 0.15) is 198 Å². The molecular formula is C38H68N4O3. The lowest BCUT2D eigenvalue weighted by Gasteiger charge is -2.45. The second-order valence-corrected chi connectivity index (χ2v) is 14.5. The number of aliphatic hydroxyl groups is 1. The first-order valence-corrected chi connectivity index (χ1v) is 19.5. The normalized spacial score (nSPS) is 26.4. The Bertz CT molecular complexity index is 911. The van der Waals surface area contributed by atoms with Gasteiger partial charge in [-0.1, -0.05) is 166 Å². The third kappa shape index (κ3) is 15.1. The molecule has 0 radical (unpaired) electrons. The van der Waals surface area contributed by atoms with E-state index in [0.717, 1.165) is 37.8 Å². The molecule has 0 aromatic carbocycles. The summed E-state index contributed by atoms with van der Waals surface area (Å²) in [6.07, 6.45) is 39.3. The van der Waals surface area contributed by atoms with Gasteiger partial charge in [-0.3, -0.25) is 14.9 Å². The minimum Gasteiger partial charge on any atom is -0.396 e. The van der Waals surface area contributed by atoms with Gasteiger partial charge < -0.3 is 5.11 Å². The number of carbonyl (C=O) groups excluding carboxylic acids is 2. The summed E-state index contributed by atoms with van der Waals surface area (Å²) >= 11 is 0. The van der Waals surface area contributed by atoms with Crippen molar-refractivity contribution in [3.63, 3.8) is 0 Å². The van der Waals surface area contributed by atoms with Gasteiger partial charge in [-0.05, 0) is 38.0 Å². The van der Waals surface area contributed by atoms with Crippen molar-refractivity contribution in [1.82, 2.24) is 20.3 Å². The van der Waals surface area contributed by atoms with Crippen molar-refractivity contribution in [2.45, 2.75) is 205 Å². The molecule has 7 nitrogen and oxygen atoms in total. The number of aliphatic hydroxyl groups excluding tert-OH is 1. The van der Waals surface area contributed by atoms with Gasteiger partial charge in [-0.15, -0.1) is 5.10 Å². The van der Waals surface area contributed by atoms with Gasteiger partial charge in [0.1, 0.15) is 5.54 Å². The van der Waals surface area contributed by atoms with Crippen LogP contribution < -0.4 is 5.32 Å². The number of amides is 2. The molecular weight excluding hydrogens is 560 g/mol. The quantitative estimate of drug-likeness (QED) is 0.324. The van der Waals surface area contributed by atoms with E-state index in [-0.39, 0.29) is 18.4 Å². The fourth-order valence-corrected chi connectivity index (χ4v) is 7.55. The zero-order chi connectivity index (χ0) is 31.8. The van der Waals surface area contributed by atoms with Gasteiger partial charge in [0.05, 0.1) is 5.69 Å². The number of aryl methyl sites for hydroxylation is 1. The second kappa shape index (κ2) is 23.5. The van der Waals surface area contributed by atoms with Crippen LogP contribution in [0.5, 0.6) is 0 Å². The summed E-state index contributed by atoms with van der Waals surface area (Å²) in [6, 6.07) is 0. The highest BCUT2D eigenvalue weighted by atomic mass is 16.3. The smallest absolute Gasteiger partial charge is 0.254 e. The van der Waals surface area contributed by atoms with Crippen LogP contribution in [0.25, 0.3) is 0 Å². The number of nitrogens with zero attached hydrogens (tertiary/aromatic N) is 3. The van der Waals surface area contributed by atoms with Crippen LogP contribution >= 0.6 is 0 Å². The summed E-state index contributed by atoms with van der Waals surface area (Å²) in [6.45, 7) is 0.106. The van der Waals surface area contributed by atoms with Crippen LogP contribution in [0, 0.1) is 5.92 Å². The van der Waals surface area contributed by atoms with E-state index in [1.807, 2.05) is 6.20 Å². The van der Waals surface area contributed by atoms with Crippen LogP contribution in [0.3, 0.4) is 0 Å². The summed E-state index contributed by atoms with van der Waals surface area (Å²) in [5.41, 5.74) is -0.0293. The monoisotopic (exact) mass is 629 g/mol. The van der Waals surface area contributed by atoms with Crippen molar-refractivity contribution in [3.8, 4) is 0 Å². The number of rotatable bonds is 4. The van der Waals surface area contributed by atoms with E-state index in [2.05, 4.69) is 15.6 Å². The Hall–Kier alpha value is -1.76. The summed E-state index contributed by atoms with van der Waals surface area (Å²) in [5, 5.41) is 20.6. The van der Waals surface area contributed by atoms with E-state index < -0.39 is 5.54 Å². The van der Waals surface area contributed by atoms with E-state index in [1.54, 1.807) is 4.68 Å². The molecule has 3 fully saturated rings. The molecule has 2 bridgehead atoms. The Morgan fingerprint density at radius 3 is 1.53 bits per heavy atom. The molecule has 0 atom stereocenters. The average molecular weight is 629 g/mol. The third-order valence-corrected chi connectivity index (χ3v) is 10.5. The Morgan fingerprint density at radius 1 is 0.667 bits per heavy atom. The molecule has 2 saturated heterocycles. The van der Waals surface area contributed by atoms with Crippen molar-refractivity contribution in [3.05, 3.63) is 11.9 Å². The molecule has 1 aliphatic carbocycles. The van der Waals surface area contributed by atoms with Crippen LogP contribution in [-0.2, 0) is 21.5 Å². The third-order valence-electron chi connectivity index (χ3n) is 10.5. The highest BCUT2D eigenvalue weighted by Crippen LogP contribution is 2.46. The van der Waals surface area contributed by atoms with Gasteiger partial charge in [0.25, 0.3) is 5.91 Å². The fraction of sp³-hybridized carbons (Fsp3) is 0.895. The minimum absolute atomic E-state index is 0.106. The molecule has 45 heavy (non-hydrogen) atoms. The average Bonchev–Trinajstić information content (AvgIpc) is 3.49. The highest BCUT2D eigenvalue weighted by Gasteiger charge is 2.52. The molecule has 0 unspecified atom stereocenters.